The maximum atomic E-state index is 12.7. The van der Waals surface area contributed by atoms with Gasteiger partial charge in [0.2, 0.25) is 0 Å². The summed E-state index contributed by atoms with van der Waals surface area (Å²) < 4.78 is 49.3. The number of halogens is 4. The highest BCUT2D eigenvalue weighted by Gasteiger charge is 2.49. The van der Waals surface area contributed by atoms with Crippen LogP contribution in [-0.2, 0) is 4.79 Å². The molecular weight excluding hydrogens is 252 g/mol. The topological polar surface area (TPSA) is 55.1 Å². The van der Waals surface area contributed by atoms with Gasteiger partial charge in [0.1, 0.15) is 0 Å². The highest BCUT2D eigenvalue weighted by atomic mass is 19.3. The number of alkyl halides is 4. The third-order valence-electron chi connectivity index (χ3n) is 2.34. The maximum absolute atomic E-state index is 12.7. The van der Waals surface area contributed by atoms with Gasteiger partial charge in [-0.15, -0.1) is 0 Å². The zero-order valence-electron chi connectivity index (χ0n) is 9.46. The lowest BCUT2D eigenvalue weighted by molar-refractivity contribution is -0.170. The van der Waals surface area contributed by atoms with Crippen molar-refractivity contribution in [2.45, 2.75) is 25.3 Å². The molecule has 0 spiro atoms. The van der Waals surface area contributed by atoms with E-state index >= 15 is 0 Å². The standard InChI is InChI=1S/C11H12F4N2O/c1-6(7-3-2-4-8(16)5-7)17-10(18)11(14,15)9(12)13/h2-6,9H,16H2,1H3,(H,17,18). The van der Waals surface area contributed by atoms with Crippen molar-refractivity contribution in [2.75, 3.05) is 5.73 Å². The quantitative estimate of drug-likeness (QED) is 0.648. The van der Waals surface area contributed by atoms with Gasteiger partial charge < -0.3 is 11.1 Å². The fourth-order valence-corrected chi connectivity index (χ4v) is 1.30. The van der Waals surface area contributed by atoms with E-state index in [0.29, 0.717) is 11.3 Å². The van der Waals surface area contributed by atoms with E-state index in [0.717, 1.165) is 0 Å². The predicted octanol–water partition coefficient (Wildman–Crippen LogP) is 2.35. The Morgan fingerprint density at radius 3 is 2.50 bits per heavy atom. The van der Waals surface area contributed by atoms with E-state index in [1.165, 1.54) is 13.0 Å². The Morgan fingerprint density at radius 2 is 2.00 bits per heavy atom. The molecule has 1 amide bonds. The lowest BCUT2D eigenvalue weighted by atomic mass is 10.1. The van der Waals surface area contributed by atoms with E-state index in [2.05, 4.69) is 0 Å². The number of benzene rings is 1. The number of carbonyl (C=O) groups is 1. The second-order valence-electron chi connectivity index (χ2n) is 3.79. The lowest BCUT2D eigenvalue weighted by Gasteiger charge is -2.19. The highest BCUT2D eigenvalue weighted by Crippen LogP contribution is 2.24. The molecule has 0 radical (unpaired) electrons. The van der Waals surface area contributed by atoms with Crippen LogP contribution in [0.1, 0.15) is 18.5 Å². The van der Waals surface area contributed by atoms with Gasteiger partial charge in [0.25, 0.3) is 5.91 Å². The summed E-state index contributed by atoms with van der Waals surface area (Å²) in [6.45, 7) is 1.40. The zero-order valence-corrected chi connectivity index (χ0v) is 9.46. The SMILES string of the molecule is CC(NC(=O)C(F)(F)C(F)F)c1cccc(N)c1. The normalized spacial score (nSPS) is 13.4. The summed E-state index contributed by atoms with van der Waals surface area (Å²) in [6, 6.07) is 5.31. The van der Waals surface area contributed by atoms with Gasteiger partial charge in [0.15, 0.2) is 0 Å². The minimum atomic E-state index is -4.70. The lowest BCUT2D eigenvalue weighted by Crippen LogP contribution is -2.45. The van der Waals surface area contributed by atoms with E-state index < -0.39 is 24.3 Å². The molecule has 0 aromatic heterocycles. The number of amides is 1. The van der Waals surface area contributed by atoms with E-state index in [1.807, 2.05) is 5.32 Å². The van der Waals surface area contributed by atoms with Gasteiger partial charge in [-0.1, -0.05) is 12.1 Å². The Balaban J connectivity index is 2.77. The second-order valence-corrected chi connectivity index (χ2v) is 3.79. The first-order valence-electron chi connectivity index (χ1n) is 5.07. The van der Waals surface area contributed by atoms with Crippen LogP contribution < -0.4 is 11.1 Å². The van der Waals surface area contributed by atoms with Gasteiger partial charge >= 0.3 is 12.3 Å². The molecule has 18 heavy (non-hydrogen) atoms. The van der Waals surface area contributed by atoms with Crippen LogP contribution in [0.2, 0.25) is 0 Å². The van der Waals surface area contributed by atoms with Crippen LogP contribution in [0.3, 0.4) is 0 Å². The molecule has 0 fully saturated rings. The molecule has 1 rings (SSSR count). The van der Waals surface area contributed by atoms with Crippen molar-refractivity contribution < 1.29 is 22.4 Å². The third-order valence-corrected chi connectivity index (χ3v) is 2.34. The van der Waals surface area contributed by atoms with Crippen LogP contribution in [0.4, 0.5) is 23.2 Å². The number of nitrogens with two attached hydrogens (primary N) is 1. The number of nitrogens with one attached hydrogen (secondary N) is 1. The van der Waals surface area contributed by atoms with Crippen LogP contribution >= 0.6 is 0 Å². The average molecular weight is 264 g/mol. The monoisotopic (exact) mass is 264 g/mol. The van der Waals surface area contributed by atoms with Crippen LogP contribution in [0.15, 0.2) is 24.3 Å². The Kier molecular flexibility index (Phi) is 4.15. The fraction of sp³-hybridized carbons (Fsp3) is 0.364. The van der Waals surface area contributed by atoms with Crippen molar-refractivity contribution in [3.63, 3.8) is 0 Å². The molecular formula is C11H12F4N2O. The third kappa shape index (κ3) is 3.12. The summed E-state index contributed by atoms with van der Waals surface area (Å²) in [6.07, 6.45) is -4.04. The molecule has 0 bridgehead atoms. The van der Waals surface area contributed by atoms with Gasteiger partial charge in [0, 0.05) is 5.69 Å². The number of rotatable bonds is 4. The van der Waals surface area contributed by atoms with Gasteiger partial charge in [-0.25, -0.2) is 8.78 Å². The molecule has 1 aromatic carbocycles. The summed E-state index contributed by atoms with van der Waals surface area (Å²) in [7, 11) is 0. The zero-order chi connectivity index (χ0) is 13.9. The Morgan fingerprint density at radius 1 is 1.39 bits per heavy atom. The molecule has 0 aliphatic rings. The number of hydrogen-bond acceptors (Lipinski definition) is 2. The Hall–Kier alpha value is -1.79. The van der Waals surface area contributed by atoms with Gasteiger partial charge in [-0.05, 0) is 24.6 Å². The van der Waals surface area contributed by atoms with Crippen molar-refractivity contribution in [3.05, 3.63) is 29.8 Å². The van der Waals surface area contributed by atoms with Crippen LogP contribution in [-0.4, -0.2) is 18.3 Å². The predicted molar refractivity (Wildman–Crippen MR) is 58.4 cm³/mol. The molecule has 100 valence electrons. The van der Waals surface area contributed by atoms with Crippen LogP contribution in [0.5, 0.6) is 0 Å². The molecule has 1 unspecified atom stereocenters. The largest absolute Gasteiger partial charge is 0.399 e. The van der Waals surface area contributed by atoms with E-state index in [9.17, 15) is 22.4 Å². The molecule has 1 aromatic rings. The Bertz CT molecular complexity index is 437. The van der Waals surface area contributed by atoms with Crippen molar-refractivity contribution in [2.24, 2.45) is 0 Å². The van der Waals surface area contributed by atoms with Gasteiger partial charge in [0.05, 0.1) is 6.04 Å². The van der Waals surface area contributed by atoms with Crippen molar-refractivity contribution in [1.29, 1.82) is 0 Å². The summed E-state index contributed by atoms with van der Waals surface area (Å²) in [4.78, 5) is 11.0. The van der Waals surface area contributed by atoms with Crippen molar-refractivity contribution in [1.82, 2.24) is 5.32 Å². The minimum Gasteiger partial charge on any atom is -0.399 e. The van der Waals surface area contributed by atoms with Crippen molar-refractivity contribution >= 4 is 11.6 Å². The second kappa shape index (κ2) is 5.24. The summed E-state index contributed by atoms with van der Waals surface area (Å²) in [5.41, 5.74) is 6.32. The molecule has 1 atom stereocenters. The molecule has 0 aliphatic carbocycles. The van der Waals surface area contributed by atoms with Crippen LogP contribution in [0.25, 0.3) is 0 Å². The fourth-order valence-electron chi connectivity index (χ4n) is 1.30. The first kappa shape index (κ1) is 14.3. The summed E-state index contributed by atoms with van der Waals surface area (Å²) in [5, 5.41) is 1.82. The molecule has 7 heteroatoms. The first-order valence-corrected chi connectivity index (χ1v) is 5.07. The molecule has 0 aliphatic heterocycles. The van der Waals surface area contributed by atoms with E-state index in [-0.39, 0.29) is 0 Å². The molecule has 3 nitrogen and oxygen atoms in total. The molecule has 0 saturated carbocycles. The van der Waals surface area contributed by atoms with E-state index in [4.69, 9.17) is 5.73 Å². The Labute approximate surface area is 101 Å². The summed E-state index contributed by atoms with van der Waals surface area (Å²) >= 11 is 0. The van der Waals surface area contributed by atoms with Gasteiger partial charge in [-0.3, -0.25) is 4.79 Å². The number of hydrogen-bond donors (Lipinski definition) is 2. The summed E-state index contributed by atoms with van der Waals surface area (Å²) in [5.74, 6) is -6.71. The number of anilines is 1. The average Bonchev–Trinajstić information content (AvgIpc) is 2.28. The number of nitrogen functional groups attached to an aromatic ring is 1. The molecule has 0 heterocycles. The molecule has 0 saturated heterocycles. The molecule has 3 N–H and O–H groups in total. The maximum Gasteiger partial charge on any atom is 0.383 e. The van der Waals surface area contributed by atoms with E-state index in [1.54, 1.807) is 18.2 Å². The van der Waals surface area contributed by atoms with Crippen LogP contribution in [0, 0.1) is 0 Å². The smallest absolute Gasteiger partial charge is 0.383 e. The highest BCUT2D eigenvalue weighted by molar-refractivity contribution is 5.84. The van der Waals surface area contributed by atoms with Gasteiger partial charge in [-0.2, -0.15) is 8.78 Å². The first-order chi connectivity index (χ1) is 8.25. The van der Waals surface area contributed by atoms with Crippen molar-refractivity contribution in [3.8, 4) is 0 Å². The number of carbonyl (C=O) groups excluding carboxylic acids is 1. The minimum absolute atomic E-state index is 0.384.